The van der Waals surface area contributed by atoms with Gasteiger partial charge in [-0.3, -0.25) is 4.68 Å². The largest absolute Gasteiger partial charge is 0.381 e. The van der Waals surface area contributed by atoms with Crippen LogP contribution in [0.15, 0.2) is 6.20 Å². The third kappa shape index (κ3) is 1.65. The summed E-state index contributed by atoms with van der Waals surface area (Å²) in [5, 5.41) is 12.8. The molecule has 1 atom stereocenters. The van der Waals surface area contributed by atoms with Crippen molar-refractivity contribution in [3.8, 4) is 6.07 Å². The average Bonchev–Trinajstić information content (AvgIpc) is 2.68. The van der Waals surface area contributed by atoms with Gasteiger partial charge in [0.15, 0.2) is 15.7 Å². The minimum Gasteiger partial charge on any atom is -0.381 e. The van der Waals surface area contributed by atoms with Crippen molar-refractivity contribution in [1.29, 1.82) is 5.26 Å². The second-order valence-corrected chi connectivity index (χ2v) is 6.51. The number of nitrogen functional groups attached to an aromatic ring is 1. The number of anilines is 1. The molecule has 0 saturated carbocycles. The van der Waals surface area contributed by atoms with E-state index in [-0.39, 0.29) is 22.9 Å². The molecule has 7 heteroatoms. The molecule has 0 amide bonds. The number of sulfone groups is 1. The summed E-state index contributed by atoms with van der Waals surface area (Å²) in [5.74, 6) is 0.352. The van der Waals surface area contributed by atoms with Gasteiger partial charge in [0.1, 0.15) is 11.6 Å². The fourth-order valence-corrected chi connectivity index (χ4v) is 4.04. The number of nitrogens with two attached hydrogens (primary N) is 1. The van der Waals surface area contributed by atoms with Gasteiger partial charge in [-0.2, -0.15) is 10.4 Å². The molecule has 1 unspecified atom stereocenters. The zero-order valence-corrected chi connectivity index (χ0v) is 9.66. The van der Waals surface area contributed by atoms with E-state index in [1.165, 1.54) is 10.9 Å². The van der Waals surface area contributed by atoms with Crippen molar-refractivity contribution in [3.05, 3.63) is 11.8 Å². The third-order valence-electron chi connectivity index (χ3n) is 2.90. The summed E-state index contributed by atoms with van der Waals surface area (Å²) in [6.45, 7) is 1.81. The lowest BCUT2D eigenvalue weighted by molar-refractivity contribution is 0.329. The molecule has 1 aliphatic heterocycles. The SMILES string of the molecule is CC1(n2cc(C#N)c(N)n2)CCS(=O)(=O)C1. The Labute approximate surface area is 93.6 Å². The lowest BCUT2D eigenvalue weighted by Crippen LogP contribution is -2.31. The first-order chi connectivity index (χ1) is 7.36. The van der Waals surface area contributed by atoms with Crippen LogP contribution in [0.5, 0.6) is 0 Å². The van der Waals surface area contributed by atoms with Crippen LogP contribution in [0.25, 0.3) is 0 Å². The van der Waals surface area contributed by atoms with E-state index in [0.29, 0.717) is 6.42 Å². The summed E-state index contributed by atoms with van der Waals surface area (Å²) in [7, 11) is -3.00. The molecule has 1 fully saturated rings. The smallest absolute Gasteiger partial charge is 0.163 e. The van der Waals surface area contributed by atoms with Gasteiger partial charge in [0.25, 0.3) is 0 Å². The first-order valence-corrected chi connectivity index (χ1v) is 6.65. The predicted octanol–water partition coefficient (Wildman–Crippen LogP) is -0.129. The van der Waals surface area contributed by atoms with E-state index in [4.69, 9.17) is 11.0 Å². The fraction of sp³-hybridized carbons (Fsp3) is 0.556. The van der Waals surface area contributed by atoms with Crippen molar-refractivity contribution >= 4 is 15.7 Å². The molecule has 0 bridgehead atoms. The molecule has 0 spiro atoms. The van der Waals surface area contributed by atoms with Crippen molar-refractivity contribution in [3.63, 3.8) is 0 Å². The molecule has 16 heavy (non-hydrogen) atoms. The van der Waals surface area contributed by atoms with E-state index in [9.17, 15) is 8.42 Å². The van der Waals surface area contributed by atoms with Gasteiger partial charge < -0.3 is 5.73 Å². The lowest BCUT2D eigenvalue weighted by Gasteiger charge is -2.22. The second-order valence-electron chi connectivity index (χ2n) is 4.32. The van der Waals surface area contributed by atoms with Crippen LogP contribution in [0.2, 0.25) is 0 Å². The Morgan fingerprint density at radius 3 is 2.81 bits per heavy atom. The van der Waals surface area contributed by atoms with Crippen LogP contribution in [-0.4, -0.2) is 29.7 Å². The van der Waals surface area contributed by atoms with Crippen LogP contribution in [0.3, 0.4) is 0 Å². The summed E-state index contributed by atoms with van der Waals surface area (Å²) < 4.78 is 24.4. The van der Waals surface area contributed by atoms with Crippen molar-refractivity contribution in [2.75, 3.05) is 17.2 Å². The highest BCUT2D eigenvalue weighted by Gasteiger charge is 2.40. The van der Waals surface area contributed by atoms with E-state index in [2.05, 4.69) is 5.10 Å². The lowest BCUT2D eigenvalue weighted by atomic mass is 10.0. The summed E-state index contributed by atoms with van der Waals surface area (Å²) in [4.78, 5) is 0. The number of aromatic nitrogens is 2. The predicted molar refractivity (Wildman–Crippen MR) is 58.3 cm³/mol. The summed E-state index contributed by atoms with van der Waals surface area (Å²) in [5.41, 5.74) is 5.24. The van der Waals surface area contributed by atoms with Crippen molar-refractivity contribution in [2.24, 2.45) is 0 Å². The minimum atomic E-state index is -3.00. The Morgan fingerprint density at radius 2 is 2.38 bits per heavy atom. The molecule has 1 aromatic heterocycles. The van der Waals surface area contributed by atoms with Crippen LogP contribution < -0.4 is 5.73 Å². The van der Waals surface area contributed by atoms with E-state index in [0.717, 1.165) is 0 Å². The first kappa shape index (κ1) is 11.0. The normalized spacial score (nSPS) is 27.8. The molecular formula is C9H12N4O2S. The van der Waals surface area contributed by atoms with Crippen LogP contribution in [0.4, 0.5) is 5.82 Å². The van der Waals surface area contributed by atoms with Crippen LogP contribution in [0, 0.1) is 11.3 Å². The van der Waals surface area contributed by atoms with Gasteiger partial charge in [0.05, 0.1) is 17.0 Å². The van der Waals surface area contributed by atoms with Crippen molar-refractivity contribution in [2.45, 2.75) is 18.9 Å². The summed E-state index contributed by atoms with van der Waals surface area (Å²) in [6.07, 6.45) is 2.01. The number of hydrogen-bond acceptors (Lipinski definition) is 5. The Kier molecular flexibility index (Phi) is 2.20. The molecule has 2 N–H and O–H groups in total. The number of nitriles is 1. The van der Waals surface area contributed by atoms with Crippen LogP contribution in [-0.2, 0) is 15.4 Å². The Balaban J connectivity index is 2.42. The van der Waals surface area contributed by atoms with E-state index in [1.54, 1.807) is 0 Å². The topological polar surface area (TPSA) is 102 Å². The Morgan fingerprint density at radius 1 is 1.69 bits per heavy atom. The highest BCUT2D eigenvalue weighted by atomic mass is 32.2. The first-order valence-electron chi connectivity index (χ1n) is 4.82. The zero-order chi connectivity index (χ0) is 12.0. The van der Waals surface area contributed by atoms with E-state index < -0.39 is 15.4 Å². The Hall–Kier alpha value is -1.55. The highest BCUT2D eigenvalue weighted by molar-refractivity contribution is 7.91. The quantitative estimate of drug-likeness (QED) is 0.736. The van der Waals surface area contributed by atoms with Gasteiger partial charge >= 0.3 is 0 Å². The van der Waals surface area contributed by atoms with E-state index in [1.807, 2.05) is 13.0 Å². The standard InChI is InChI=1S/C9H12N4O2S/c1-9(2-3-16(14,15)6-9)13-5-7(4-10)8(11)12-13/h5H,2-3,6H2,1H3,(H2,11,12). The van der Waals surface area contributed by atoms with Crippen molar-refractivity contribution < 1.29 is 8.42 Å². The van der Waals surface area contributed by atoms with Crippen molar-refractivity contribution in [1.82, 2.24) is 9.78 Å². The molecule has 86 valence electrons. The maximum Gasteiger partial charge on any atom is 0.163 e. The summed E-state index contributed by atoms with van der Waals surface area (Å²) >= 11 is 0. The zero-order valence-electron chi connectivity index (χ0n) is 8.84. The number of hydrogen-bond donors (Lipinski definition) is 1. The van der Waals surface area contributed by atoms with Gasteiger partial charge in [-0.05, 0) is 13.3 Å². The Bertz CT molecular complexity index is 569. The molecule has 2 rings (SSSR count). The van der Waals surface area contributed by atoms with Gasteiger partial charge in [-0.1, -0.05) is 0 Å². The number of rotatable bonds is 1. The van der Waals surface area contributed by atoms with Gasteiger partial charge in [0.2, 0.25) is 0 Å². The molecule has 0 radical (unpaired) electrons. The molecule has 1 aliphatic rings. The number of nitrogens with zero attached hydrogens (tertiary/aromatic N) is 3. The second kappa shape index (κ2) is 3.22. The fourth-order valence-electron chi connectivity index (χ4n) is 1.92. The molecular weight excluding hydrogens is 228 g/mol. The van der Waals surface area contributed by atoms with Gasteiger partial charge in [-0.25, -0.2) is 8.42 Å². The van der Waals surface area contributed by atoms with Crippen LogP contribution in [0.1, 0.15) is 18.9 Å². The monoisotopic (exact) mass is 240 g/mol. The third-order valence-corrected chi connectivity index (χ3v) is 4.79. The highest BCUT2D eigenvalue weighted by Crippen LogP contribution is 2.30. The van der Waals surface area contributed by atoms with Gasteiger partial charge in [0, 0.05) is 6.20 Å². The molecule has 0 aromatic carbocycles. The molecule has 1 saturated heterocycles. The van der Waals surface area contributed by atoms with Crippen LogP contribution >= 0.6 is 0 Å². The van der Waals surface area contributed by atoms with Gasteiger partial charge in [-0.15, -0.1) is 0 Å². The molecule has 1 aromatic rings. The average molecular weight is 240 g/mol. The van der Waals surface area contributed by atoms with E-state index >= 15 is 0 Å². The minimum absolute atomic E-state index is 0.0476. The maximum atomic E-state index is 11.4. The summed E-state index contributed by atoms with van der Waals surface area (Å²) in [6, 6.07) is 1.92. The molecule has 2 heterocycles. The maximum absolute atomic E-state index is 11.4. The molecule has 0 aliphatic carbocycles. The molecule has 6 nitrogen and oxygen atoms in total.